The largest absolute Gasteiger partial charge is 0.484 e. The minimum absolute atomic E-state index is 0.0861. The molecule has 0 atom stereocenters. The van der Waals surface area contributed by atoms with Gasteiger partial charge in [-0.3, -0.25) is 9.59 Å². The molecular formula is C18H18BrN3O3. The first-order chi connectivity index (χ1) is 12.0. The summed E-state index contributed by atoms with van der Waals surface area (Å²) in [4.78, 5) is 23.6. The fourth-order valence-corrected chi connectivity index (χ4v) is 2.13. The lowest BCUT2D eigenvalue weighted by Crippen LogP contribution is -2.26. The molecular weight excluding hydrogens is 386 g/mol. The van der Waals surface area contributed by atoms with Crippen LogP contribution in [0.3, 0.4) is 0 Å². The average Bonchev–Trinajstić information content (AvgIpc) is 2.60. The topological polar surface area (TPSA) is 79.8 Å². The van der Waals surface area contributed by atoms with Crippen LogP contribution in [0.4, 0.5) is 5.69 Å². The summed E-state index contributed by atoms with van der Waals surface area (Å²) >= 11 is 3.32. The van der Waals surface area contributed by atoms with Crippen molar-refractivity contribution in [1.82, 2.24) is 5.43 Å². The molecule has 25 heavy (non-hydrogen) atoms. The number of ether oxygens (including phenoxy) is 1. The Kier molecular flexibility index (Phi) is 7.16. The third-order valence-electron chi connectivity index (χ3n) is 3.03. The Morgan fingerprint density at radius 1 is 1.04 bits per heavy atom. The molecule has 0 aromatic heterocycles. The highest BCUT2D eigenvalue weighted by molar-refractivity contribution is 9.10. The van der Waals surface area contributed by atoms with E-state index in [1.165, 1.54) is 0 Å². The number of amides is 2. The van der Waals surface area contributed by atoms with Crippen molar-refractivity contribution in [1.29, 1.82) is 0 Å². The second-order valence-corrected chi connectivity index (χ2v) is 6.13. The van der Waals surface area contributed by atoms with Gasteiger partial charge in [-0.25, -0.2) is 5.43 Å². The Labute approximate surface area is 154 Å². The van der Waals surface area contributed by atoms with Crippen LogP contribution in [0.1, 0.15) is 13.3 Å². The molecule has 0 aliphatic heterocycles. The molecule has 0 saturated carbocycles. The number of carbonyl (C=O) groups is 2. The maximum atomic E-state index is 11.9. The van der Waals surface area contributed by atoms with Crippen molar-refractivity contribution in [3.8, 4) is 5.75 Å². The number of nitrogens with zero attached hydrogens (tertiary/aromatic N) is 1. The molecule has 6 nitrogen and oxygen atoms in total. The van der Waals surface area contributed by atoms with E-state index in [4.69, 9.17) is 4.74 Å². The van der Waals surface area contributed by atoms with Crippen molar-refractivity contribution in [2.24, 2.45) is 5.10 Å². The highest BCUT2D eigenvalue weighted by atomic mass is 79.9. The normalized spacial score (nSPS) is 10.9. The van der Waals surface area contributed by atoms with Crippen LogP contribution < -0.4 is 15.5 Å². The lowest BCUT2D eigenvalue weighted by atomic mass is 10.2. The first-order valence-electron chi connectivity index (χ1n) is 7.58. The molecule has 2 amide bonds. The van der Waals surface area contributed by atoms with Crippen LogP contribution in [-0.2, 0) is 9.59 Å². The minimum Gasteiger partial charge on any atom is -0.484 e. The quantitative estimate of drug-likeness (QED) is 0.549. The molecule has 2 N–H and O–H groups in total. The maximum Gasteiger partial charge on any atom is 0.277 e. The zero-order valence-corrected chi connectivity index (χ0v) is 15.2. The molecule has 2 aromatic carbocycles. The summed E-state index contributed by atoms with van der Waals surface area (Å²) < 4.78 is 6.26. The van der Waals surface area contributed by atoms with Gasteiger partial charge in [-0.2, -0.15) is 5.10 Å². The van der Waals surface area contributed by atoms with Crippen LogP contribution in [0.15, 0.2) is 64.2 Å². The molecule has 0 spiro atoms. The fourth-order valence-electron chi connectivity index (χ4n) is 1.87. The molecule has 0 radical (unpaired) electrons. The van der Waals surface area contributed by atoms with Crippen molar-refractivity contribution in [3.05, 3.63) is 59.1 Å². The molecule has 0 aliphatic carbocycles. The van der Waals surface area contributed by atoms with Gasteiger partial charge in [0.2, 0.25) is 5.91 Å². The van der Waals surface area contributed by atoms with Gasteiger partial charge in [-0.1, -0.05) is 34.1 Å². The van der Waals surface area contributed by atoms with Gasteiger partial charge in [0, 0.05) is 15.9 Å². The van der Waals surface area contributed by atoms with Gasteiger partial charge in [-0.05, 0) is 43.3 Å². The summed E-state index contributed by atoms with van der Waals surface area (Å²) in [6.07, 6.45) is 0.0861. The number of rotatable bonds is 7. The Hall–Kier alpha value is -2.67. The molecule has 2 rings (SSSR count). The molecule has 0 unspecified atom stereocenters. The van der Waals surface area contributed by atoms with E-state index in [-0.39, 0.29) is 18.9 Å². The van der Waals surface area contributed by atoms with Crippen LogP contribution in [0.25, 0.3) is 0 Å². The van der Waals surface area contributed by atoms with E-state index in [1.807, 2.05) is 30.3 Å². The van der Waals surface area contributed by atoms with Crippen molar-refractivity contribution < 1.29 is 14.3 Å². The molecule has 7 heteroatoms. The fraction of sp³-hybridized carbons (Fsp3) is 0.167. The standard InChI is InChI=1S/C18H18BrN3O3/c1-13(11-17(23)20-15-5-3-2-4-6-15)21-22-18(24)12-25-16-9-7-14(19)8-10-16/h2-10H,11-12H2,1H3,(H,20,23)(H,22,24)/b21-13+. The van der Waals surface area contributed by atoms with Crippen LogP contribution >= 0.6 is 15.9 Å². The van der Waals surface area contributed by atoms with Gasteiger partial charge < -0.3 is 10.1 Å². The Balaban J connectivity index is 1.73. The number of hydrazone groups is 1. The number of hydrogen-bond acceptors (Lipinski definition) is 4. The summed E-state index contributed by atoms with van der Waals surface area (Å²) in [5.74, 6) is -0.0140. The lowest BCUT2D eigenvalue weighted by Gasteiger charge is -2.06. The third-order valence-corrected chi connectivity index (χ3v) is 3.56. The van der Waals surface area contributed by atoms with Gasteiger partial charge in [0.1, 0.15) is 5.75 Å². The zero-order chi connectivity index (χ0) is 18.1. The maximum absolute atomic E-state index is 11.9. The van der Waals surface area contributed by atoms with Gasteiger partial charge in [0.05, 0.1) is 6.42 Å². The van der Waals surface area contributed by atoms with Crippen molar-refractivity contribution in [2.75, 3.05) is 11.9 Å². The van der Waals surface area contributed by atoms with E-state index < -0.39 is 5.91 Å². The predicted octanol–water partition coefficient (Wildman–Crippen LogP) is 3.35. The van der Waals surface area contributed by atoms with Crippen molar-refractivity contribution in [2.45, 2.75) is 13.3 Å². The molecule has 0 heterocycles. The highest BCUT2D eigenvalue weighted by Crippen LogP contribution is 2.15. The number of para-hydroxylation sites is 1. The van der Waals surface area contributed by atoms with Gasteiger partial charge >= 0.3 is 0 Å². The highest BCUT2D eigenvalue weighted by Gasteiger charge is 2.06. The average molecular weight is 404 g/mol. The summed E-state index contributed by atoms with van der Waals surface area (Å²) in [5.41, 5.74) is 3.57. The van der Waals surface area contributed by atoms with E-state index in [9.17, 15) is 9.59 Å². The SMILES string of the molecule is C/C(CC(=O)Nc1ccccc1)=N\NC(=O)COc1ccc(Br)cc1. The second kappa shape index (κ2) is 9.58. The van der Waals surface area contributed by atoms with Gasteiger partial charge in [0.25, 0.3) is 5.91 Å². The lowest BCUT2D eigenvalue weighted by molar-refractivity contribution is -0.123. The number of hydrogen-bond donors (Lipinski definition) is 2. The minimum atomic E-state index is -0.397. The summed E-state index contributed by atoms with van der Waals surface area (Å²) in [6.45, 7) is 1.51. The first kappa shape index (κ1) is 18.7. The number of anilines is 1. The molecule has 0 bridgehead atoms. The van der Waals surface area contributed by atoms with E-state index in [1.54, 1.807) is 31.2 Å². The van der Waals surface area contributed by atoms with Crippen LogP contribution in [-0.4, -0.2) is 24.1 Å². The van der Waals surface area contributed by atoms with Crippen molar-refractivity contribution in [3.63, 3.8) is 0 Å². The third kappa shape index (κ3) is 7.17. The molecule has 2 aromatic rings. The zero-order valence-electron chi connectivity index (χ0n) is 13.7. The van der Waals surface area contributed by atoms with E-state index >= 15 is 0 Å². The van der Waals surface area contributed by atoms with Crippen LogP contribution in [0.5, 0.6) is 5.75 Å². The number of carbonyl (C=O) groups excluding carboxylic acids is 2. The monoisotopic (exact) mass is 403 g/mol. The summed E-state index contributed by atoms with van der Waals surface area (Å²) in [5, 5.41) is 6.65. The van der Waals surface area contributed by atoms with Crippen molar-refractivity contribution >= 4 is 39.1 Å². The number of halogens is 1. The second-order valence-electron chi connectivity index (χ2n) is 5.22. The smallest absolute Gasteiger partial charge is 0.277 e. The number of benzene rings is 2. The van der Waals surface area contributed by atoms with Crippen LogP contribution in [0, 0.1) is 0 Å². The molecule has 0 fully saturated rings. The van der Waals surface area contributed by atoms with Gasteiger partial charge in [-0.15, -0.1) is 0 Å². The Morgan fingerprint density at radius 3 is 2.40 bits per heavy atom. The Bertz CT molecular complexity index is 746. The van der Waals surface area contributed by atoms with E-state index in [0.29, 0.717) is 17.1 Å². The number of nitrogens with one attached hydrogen (secondary N) is 2. The predicted molar refractivity (Wildman–Crippen MR) is 101 cm³/mol. The molecule has 0 aliphatic rings. The van der Waals surface area contributed by atoms with Gasteiger partial charge in [0.15, 0.2) is 6.61 Å². The Morgan fingerprint density at radius 2 is 1.72 bits per heavy atom. The van der Waals surface area contributed by atoms with Crippen LogP contribution in [0.2, 0.25) is 0 Å². The summed E-state index contributed by atoms with van der Waals surface area (Å²) in [6, 6.07) is 16.3. The summed E-state index contributed by atoms with van der Waals surface area (Å²) in [7, 11) is 0. The van der Waals surface area contributed by atoms with E-state index in [2.05, 4.69) is 31.8 Å². The molecule has 0 saturated heterocycles. The molecule has 130 valence electrons. The first-order valence-corrected chi connectivity index (χ1v) is 8.37. The van der Waals surface area contributed by atoms with E-state index in [0.717, 1.165) is 4.47 Å².